The van der Waals surface area contributed by atoms with E-state index >= 15 is 0 Å². The number of esters is 4. The highest BCUT2D eigenvalue weighted by Gasteiger charge is 2.30. The van der Waals surface area contributed by atoms with Gasteiger partial charge in [0.15, 0.2) is 12.2 Å². The van der Waals surface area contributed by atoms with E-state index in [0.29, 0.717) is 25.7 Å². The Morgan fingerprint density at radius 1 is 0.346 bits per heavy atom. The van der Waals surface area contributed by atoms with Gasteiger partial charge in [-0.3, -0.25) is 37.3 Å². The average Bonchev–Trinajstić information content (AvgIpc) is 3.44. The molecule has 81 heavy (non-hydrogen) atoms. The topological polar surface area (TPSA) is 237 Å². The van der Waals surface area contributed by atoms with Crippen molar-refractivity contribution in [3.63, 3.8) is 0 Å². The normalized spacial score (nSPS) is 15.0. The summed E-state index contributed by atoms with van der Waals surface area (Å²) in [6.07, 6.45) is 36.2. The largest absolute Gasteiger partial charge is 0.472 e. The summed E-state index contributed by atoms with van der Waals surface area (Å²) in [7, 11) is -9.88. The van der Waals surface area contributed by atoms with E-state index in [-0.39, 0.29) is 25.7 Å². The molecule has 0 aromatic carbocycles. The first-order valence-corrected chi connectivity index (χ1v) is 35.6. The van der Waals surface area contributed by atoms with Crippen LogP contribution in [0.25, 0.3) is 0 Å². The van der Waals surface area contributed by atoms with Crippen LogP contribution in [0.15, 0.2) is 0 Å². The summed E-state index contributed by atoms with van der Waals surface area (Å²) in [5.41, 5.74) is 0. The van der Waals surface area contributed by atoms with Gasteiger partial charge < -0.3 is 33.8 Å². The Kier molecular flexibility index (Phi) is 53.4. The van der Waals surface area contributed by atoms with E-state index in [9.17, 15) is 43.2 Å². The fourth-order valence-electron chi connectivity index (χ4n) is 9.11. The first-order chi connectivity index (χ1) is 38.9. The van der Waals surface area contributed by atoms with Crippen molar-refractivity contribution in [2.24, 2.45) is 11.8 Å². The molecule has 0 rings (SSSR count). The molecule has 0 amide bonds. The van der Waals surface area contributed by atoms with Crippen LogP contribution in [-0.2, 0) is 65.4 Å². The molecule has 19 heteroatoms. The summed E-state index contributed by atoms with van der Waals surface area (Å²) in [5, 5.41) is 10.5. The molecular formula is C62H120O17P2. The molecular weight excluding hydrogens is 1080 g/mol. The maximum absolute atomic E-state index is 13.0. The standard InChI is InChI=1S/C62H120O17P2/c1-7-11-13-15-17-27-34-40-46-61(66)78-57(50-72-59(64)44-38-32-24-16-14-12-8-2)52-76-80(68,69)74-48-56(63)49-75-81(70,71)77-53-58(51-73-60(65)45-39-33-28-23-22-26-31-37-43-55(6)10-4)79-62(67)47-41-35-29-21-19-18-20-25-30-36-42-54(5)9-3/h54-58,63H,7-53H2,1-6H3,(H,68,69)(H,70,71)/t54?,55?,56-,57+,58+/m0/s1. The Morgan fingerprint density at radius 2 is 0.593 bits per heavy atom. The highest BCUT2D eigenvalue weighted by molar-refractivity contribution is 7.47. The van der Waals surface area contributed by atoms with Crippen LogP contribution in [0.1, 0.15) is 305 Å². The number of carbonyl (C=O) groups is 4. The number of hydrogen-bond acceptors (Lipinski definition) is 15. The van der Waals surface area contributed by atoms with Crippen molar-refractivity contribution in [2.45, 2.75) is 323 Å². The van der Waals surface area contributed by atoms with Crippen molar-refractivity contribution in [3.8, 4) is 0 Å². The Hall–Kier alpha value is -1.94. The lowest BCUT2D eigenvalue weighted by atomic mass is 9.99. The fraction of sp³-hybridized carbons (Fsp3) is 0.935. The van der Waals surface area contributed by atoms with Gasteiger partial charge in [-0.05, 0) is 37.5 Å². The van der Waals surface area contributed by atoms with Gasteiger partial charge in [0, 0.05) is 25.7 Å². The molecule has 480 valence electrons. The second-order valence-electron chi connectivity index (χ2n) is 22.9. The number of rotatable bonds is 61. The first kappa shape index (κ1) is 79.1. The molecule has 17 nitrogen and oxygen atoms in total. The molecule has 0 aromatic heterocycles. The van der Waals surface area contributed by atoms with Crippen molar-refractivity contribution >= 4 is 39.5 Å². The molecule has 0 aromatic rings. The lowest BCUT2D eigenvalue weighted by Crippen LogP contribution is -2.30. The van der Waals surface area contributed by atoms with Crippen LogP contribution >= 0.6 is 15.6 Å². The lowest BCUT2D eigenvalue weighted by molar-refractivity contribution is -0.161. The van der Waals surface area contributed by atoms with Crippen molar-refractivity contribution in [1.29, 1.82) is 0 Å². The molecule has 0 fully saturated rings. The van der Waals surface area contributed by atoms with E-state index in [1.165, 1.54) is 103 Å². The molecule has 0 spiro atoms. The van der Waals surface area contributed by atoms with Gasteiger partial charge in [0.05, 0.1) is 26.4 Å². The fourth-order valence-corrected chi connectivity index (χ4v) is 10.7. The van der Waals surface area contributed by atoms with E-state index in [1.807, 2.05) is 0 Å². The van der Waals surface area contributed by atoms with Crippen LogP contribution in [-0.4, -0.2) is 96.7 Å². The second-order valence-corrected chi connectivity index (χ2v) is 25.8. The maximum atomic E-state index is 13.0. The van der Waals surface area contributed by atoms with Gasteiger partial charge in [-0.15, -0.1) is 0 Å². The molecule has 7 atom stereocenters. The number of phosphoric acid groups is 2. The van der Waals surface area contributed by atoms with Crippen LogP contribution < -0.4 is 0 Å². The number of hydrogen-bond donors (Lipinski definition) is 3. The van der Waals surface area contributed by atoms with E-state index in [0.717, 1.165) is 121 Å². The third-order valence-corrected chi connectivity index (χ3v) is 16.8. The molecule has 0 heterocycles. The third kappa shape index (κ3) is 54.5. The summed E-state index contributed by atoms with van der Waals surface area (Å²) in [6, 6.07) is 0. The van der Waals surface area contributed by atoms with Gasteiger partial charge in [-0.1, -0.05) is 253 Å². The highest BCUT2D eigenvalue weighted by atomic mass is 31.2. The zero-order valence-corrected chi connectivity index (χ0v) is 53.9. The predicted octanol–water partition coefficient (Wildman–Crippen LogP) is 16.9. The van der Waals surface area contributed by atoms with Gasteiger partial charge in [0.25, 0.3) is 0 Å². The van der Waals surface area contributed by atoms with Gasteiger partial charge in [-0.2, -0.15) is 0 Å². The molecule has 0 aliphatic rings. The quantitative estimate of drug-likeness (QED) is 0.0222. The Balaban J connectivity index is 5.22. The van der Waals surface area contributed by atoms with Crippen molar-refractivity contribution < 1.29 is 80.2 Å². The number of carbonyl (C=O) groups excluding carboxylic acids is 4. The molecule has 0 aliphatic carbocycles. The van der Waals surface area contributed by atoms with Gasteiger partial charge in [-0.25, -0.2) is 9.13 Å². The zero-order valence-electron chi connectivity index (χ0n) is 52.1. The number of aliphatic hydroxyl groups excluding tert-OH is 1. The first-order valence-electron chi connectivity index (χ1n) is 32.6. The molecule has 0 aliphatic heterocycles. The van der Waals surface area contributed by atoms with Crippen molar-refractivity contribution in [2.75, 3.05) is 39.6 Å². The average molecular weight is 1200 g/mol. The summed E-state index contributed by atoms with van der Waals surface area (Å²) >= 11 is 0. The Morgan fingerprint density at radius 3 is 0.877 bits per heavy atom. The monoisotopic (exact) mass is 1200 g/mol. The molecule has 4 unspecified atom stereocenters. The van der Waals surface area contributed by atoms with Crippen LogP contribution in [0.3, 0.4) is 0 Å². The lowest BCUT2D eigenvalue weighted by Gasteiger charge is -2.21. The highest BCUT2D eigenvalue weighted by Crippen LogP contribution is 2.45. The predicted molar refractivity (Wildman–Crippen MR) is 321 cm³/mol. The minimum absolute atomic E-state index is 0.104. The van der Waals surface area contributed by atoms with E-state index < -0.39 is 97.5 Å². The second kappa shape index (κ2) is 54.7. The summed E-state index contributed by atoms with van der Waals surface area (Å²) in [4.78, 5) is 71.9. The number of unbranched alkanes of at least 4 members (excludes halogenated alkanes) is 29. The van der Waals surface area contributed by atoms with Crippen LogP contribution in [0, 0.1) is 11.8 Å². The van der Waals surface area contributed by atoms with E-state index in [2.05, 4.69) is 41.5 Å². The van der Waals surface area contributed by atoms with Gasteiger partial charge >= 0.3 is 39.5 Å². The molecule has 0 saturated carbocycles. The Bertz CT molecular complexity index is 1600. The van der Waals surface area contributed by atoms with Gasteiger partial charge in [0.1, 0.15) is 19.3 Å². The van der Waals surface area contributed by atoms with Crippen LogP contribution in [0.5, 0.6) is 0 Å². The summed E-state index contributed by atoms with van der Waals surface area (Å²) in [5.74, 6) is -0.563. The van der Waals surface area contributed by atoms with Crippen LogP contribution in [0.4, 0.5) is 0 Å². The smallest absolute Gasteiger partial charge is 0.462 e. The van der Waals surface area contributed by atoms with E-state index in [4.69, 9.17) is 37.0 Å². The Labute approximate surface area is 492 Å². The van der Waals surface area contributed by atoms with Gasteiger partial charge in [0.2, 0.25) is 0 Å². The number of phosphoric ester groups is 2. The molecule has 0 radical (unpaired) electrons. The SMILES string of the molecule is CCCCCCCCCCC(=O)O[C@H](COC(=O)CCCCCCCCC)COP(=O)(O)OC[C@H](O)COP(=O)(O)OC[C@@H](COC(=O)CCCCCCCCCCC(C)CC)OC(=O)CCCCCCCCCCCCC(C)CC. The number of aliphatic hydroxyl groups is 1. The van der Waals surface area contributed by atoms with Crippen LogP contribution in [0.2, 0.25) is 0 Å². The third-order valence-electron chi connectivity index (χ3n) is 14.9. The minimum atomic E-state index is -4.94. The molecule has 0 saturated heterocycles. The minimum Gasteiger partial charge on any atom is -0.462 e. The zero-order chi connectivity index (χ0) is 60.1. The van der Waals surface area contributed by atoms with E-state index in [1.54, 1.807) is 0 Å². The van der Waals surface area contributed by atoms with Crippen molar-refractivity contribution in [1.82, 2.24) is 0 Å². The van der Waals surface area contributed by atoms with Crippen molar-refractivity contribution in [3.05, 3.63) is 0 Å². The summed E-state index contributed by atoms with van der Waals surface area (Å²) < 4.78 is 67.8. The maximum Gasteiger partial charge on any atom is 0.472 e. The molecule has 3 N–H and O–H groups in total. The molecule has 0 bridgehead atoms. The number of ether oxygens (including phenoxy) is 4. The summed E-state index contributed by atoms with van der Waals surface area (Å²) in [6.45, 7) is 9.44.